The molecule has 1 saturated carbocycles. The van der Waals surface area contributed by atoms with Crippen LogP contribution < -0.4 is 10.2 Å². The smallest absolute Gasteiger partial charge is 0.259 e. The Bertz CT molecular complexity index is 1310. The van der Waals surface area contributed by atoms with Crippen LogP contribution in [0.3, 0.4) is 0 Å². The second-order valence-electron chi connectivity index (χ2n) is 7.95. The molecule has 0 aliphatic heterocycles. The van der Waals surface area contributed by atoms with Gasteiger partial charge in [0.2, 0.25) is 5.91 Å². The highest BCUT2D eigenvalue weighted by atomic mass is 35.5. The molecule has 3 aromatic rings. The molecule has 2 unspecified atom stereocenters. The summed E-state index contributed by atoms with van der Waals surface area (Å²) in [6.45, 7) is 0. The average molecular weight is 579 g/mol. The zero-order valence-corrected chi connectivity index (χ0v) is 21.5. The Balaban J connectivity index is 1.54. The fourth-order valence-corrected chi connectivity index (χ4v) is 5.30. The molecule has 0 saturated heterocycles. The third-order valence-electron chi connectivity index (χ3n) is 5.68. The maximum Gasteiger partial charge on any atom is 0.259 e. The van der Waals surface area contributed by atoms with Crippen LogP contribution in [0, 0.1) is 17.6 Å². The van der Waals surface area contributed by atoms with Crippen LogP contribution in [0.15, 0.2) is 54.6 Å². The third-order valence-corrected chi connectivity index (χ3v) is 7.50. The summed E-state index contributed by atoms with van der Waals surface area (Å²) < 4.78 is 25.5. The third kappa shape index (κ3) is 5.09. The van der Waals surface area contributed by atoms with E-state index in [4.69, 9.17) is 58.0 Å². The van der Waals surface area contributed by atoms with Crippen molar-refractivity contribution in [2.45, 2.75) is 10.3 Å². The summed E-state index contributed by atoms with van der Waals surface area (Å²) in [6.07, 6.45) is 0. The van der Waals surface area contributed by atoms with Crippen molar-refractivity contribution in [3.8, 4) is 0 Å². The SMILES string of the molecule is CN(C(=O)c1cc(NC(=O)C2C(c3cc(Cl)c(F)c(Cl)c3)C2(Cl)Cl)ccc1Cl)c1ccc(F)cc1. The first-order chi connectivity index (χ1) is 16.4. The predicted molar refractivity (Wildman–Crippen MR) is 136 cm³/mol. The van der Waals surface area contributed by atoms with E-state index in [0.717, 1.165) is 0 Å². The summed E-state index contributed by atoms with van der Waals surface area (Å²) in [5.74, 6) is -3.78. The number of hydrogen-bond donors (Lipinski definition) is 1. The van der Waals surface area contributed by atoms with Crippen molar-refractivity contribution in [2.24, 2.45) is 5.92 Å². The number of benzene rings is 3. The maximum absolute atomic E-state index is 13.8. The number of alkyl halides is 2. The Hall–Kier alpha value is -2.09. The van der Waals surface area contributed by atoms with Gasteiger partial charge in [-0.3, -0.25) is 9.59 Å². The van der Waals surface area contributed by atoms with Crippen LogP contribution in [-0.2, 0) is 4.79 Å². The summed E-state index contributed by atoms with van der Waals surface area (Å²) in [7, 11) is 1.51. The van der Waals surface area contributed by atoms with E-state index in [-0.39, 0.29) is 26.3 Å². The second-order valence-corrected chi connectivity index (χ2v) is 10.6. The minimum Gasteiger partial charge on any atom is -0.326 e. The van der Waals surface area contributed by atoms with Crippen LogP contribution in [0.25, 0.3) is 0 Å². The van der Waals surface area contributed by atoms with E-state index in [0.29, 0.717) is 11.3 Å². The Kier molecular flexibility index (Phi) is 7.24. The first-order valence-corrected chi connectivity index (χ1v) is 12.0. The Morgan fingerprint density at radius 3 is 2.11 bits per heavy atom. The van der Waals surface area contributed by atoms with E-state index >= 15 is 0 Å². The molecule has 2 amide bonds. The number of anilines is 2. The highest BCUT2D eigenvalue weighted by molar-refractivity contribution is 6.53. The Morgan fingerprint density at radius 1 is 0.914 bits per heavy atom. The van der Waals surface area contributed by atoms with Gasteiger partial charge in [-0.1, -0.05) is 34.8 Å². The molecule has 4 rings (SSSR count). The minimum absolute atomic E-state index is 0.115. The zero-order valence-electron chi connectivity index (χ0n) is 17.8. The van der Waals surface area contributed by atoms with Crippen LogP contribution in [-0.4, -0.2) is 23.2 Å². The number of carbonyl (C=O) groups excluding carboxylic acids is 2. The Labute approximate surface area is 224 Å². The van der Waals surface area contributed by atoms with E-state index < -0.39 is 39.6 Å². The lowest BCUT2D eigenvalue weighted by Gasteiger charge is -2.18. The average Bonchev–Trinajstić information content (AvgIpc) is 3.40. The van der Waals surface area contributed by atoms with E-state index in [1.807, 2.05) is 0 Å². The topological polar surface area (TPSA) is 49.4 Å². The molecular weight excluding hydrogens is 564 g/mol. The number of halogens is 7. The van der Waals surface area contributed by atoms with Crippen molar-refractivity contribution >= 4 is 81.2 Å². The van der Waals surface area contributed by atoms with Crippen molar-refractivity contribution in [3.05, 3.63) is 92.4 Å². The summed E-state index contributed by atoms with van der Waals surface area (Å²) in [5.41, 5.74) is 1.26. The number of rotatable bonds is 5. The molecule has 35 heavy (non-hydrogen) atoms. The summed E-state index contributed by atoms with van der Waals surface area (Å²) in [4.78, 5) is 27.3. The van der Waals surface area contributed by atoms with Crippen LogP contribution in [0.5, 0.6) is 0 Å². The van der Waals surface area contributed by atoms with E-state index in [9.17, 15) is 18.4 Å². The lowest BCUT2D eigenvalue weighted by atomic mass is 10.1. The molecule has 0 spiro atoms. The second kappa shape index (κ2) is 9.75. The van der Waals surface area contributed by atoms with Gasteiger partial charge in [0.05, 0.1) is 26.5 Å². The predicted octanol–water partition coefficient (Wildman–Crippen LogP) is 7.73. The summed E-state index contributed by atoms with van der Waals surface area (Å²) in [5, 5.41) is 2.41. The lowest BCUT2D eigenvalue weighted by Crippen LogP contribution is -2.26. The van der Waals surface area contributed by atoms with Crippen molar-refractivity contribution in [1.29, 1.82) is 0 Å². The van der Waals surface area contributed by atoms with Crippen molar-refractivity contribution < 1.29 is 18.4 Å². The molecule has 1 aliphatic rings. The fraction of sp³-hybridized carbons (Fsp3) is 0.167. The number of amides is 2. The summed E-state index contributed by atoms with van der Waals surface area (Å²) >= 11 is 30.7. The molecule has 1 N–H and O–H groups in total. The van der Waals surface area contributed by atoms with Crippen molar-refractivity contribution in [2.75, 3.05) is 17.3 Å². The van der Waals surface area contributed by atoms with E-state index in [1.165, 1.54) is 66.5 Å². The largest absolute Gasteiger partial charge is 0.326 e. The molecule has 3 aromatic carbocycles. The van der Waals surface area contributed by atoms with Gasteiger partial charge in [0.25, 0.3) is 5.91 Å². The van der Waals surface area contributed by atoms with Gasteiger partial charge in [-0.2, -0.15) is 0 Å². The monoisotopic (exact) mass is 576 g/mol. The lowest BCUT2D eigenvalue weighted by molar-refractivity contribution is -0.117. The van der Waals surface area contributed by atoms with Crippen molar-refractivity contribution in [3.63, 3.8) is 0 Å². The molecule has 182 valence electrons. The van der Waals surface area contributed by atoms with Crippen LogP contribution in [0.4, 0.5) is 20.2 Å². The van der Waals surface area contributed by atoms with Crippen LogP contribution in [0.2, 0.25) is 15.1 Å². The fourth-order valence-electron chi connectivity index (χ4n) is 3.77. The molecule has 0 radical (unpaired) electrons. The highest BCUT2D eigenvalue weighted by Gasteiger charge is 2.67. The molecule has 11 heteroatoms. The van der Waals surface area contributed by atoms with Gasteiger partial charge < -0.3 is 10.2 Å². The standard InChI is InChI=1S/C24H15Cl5F2N2O2/c1-33(14-5-2-12(30)3-6-14)23(35)15-10-13(4-7-16(15)25)32-22(34)20-19(24(20,28)29)11-8-17(26)21(31)18(27)9-11/h2-10,19-20H,1H3,(H,32,34). The summed E-state index contributed by atoms with van der Waals surface area (Å²) in [6, 6.07) is 12.4. The van der Waals surface area contributed by atoms with Gasteiger partial charge in [-0.15, -0.1) is 23.2 Å². The van der Waals surface area contributed by atoms with E-state index in [1.54, 1.807) is 0 Å². The zero-order chi connectivity index (χ0) is 25.7. The molecule has 0 heterocycles. The highest BCUT2D eigenvalue weighted by Crippen LogP contribution is 2.65. The van der Waals surface area contributed by atoms with Crippen LogP contribution >= 0.6 is 58.0 Å². The van der Waals surface area contributed by atoms with Gasteiger partial charge in [-0.05, 0) is 60.2 Å². The minimum atomic E-state index is -1.47. The number of carbonyl (C=O) groups is 2. The number of nitrogens with zero attached hydrogens (tertiary/aromatic N) is 1. The normalized spacial score (nSPS) is 18.2. The van der Waals surface area contributed by atoms with Gasteiger partial charge in [-0.25, -0.2) is 8.78 Å². The number of nitrogens with one attached hydrogen (secondary N) is 1. The van der Waals surface area contributed by atoms with Gasteiger partial charge >= 0.3 is 0 Å². The number of hydrogen-bond acceptors (Lipinski definition) is 2. The quantitative estimate of drug-likeness (QED) is 0.249. The first-order valence-electron chi connectivity index (χ1n) is 10.1. The molecule has 0 bridgehead atoms. The Morgan fingerprint density at radius 2 is 1.51 bits per heavy atom. The van der Waals surface area contributed by atoms with Crippen LogP contribution in [0.1, 0.15) is 21.8 Å². The van der Waals surface area contributed by atoms with Crippen molar-refractivity contribution in [1.82, 2.24) is 0 Å². The van der Waals surface area contributed by atoms with E-state index in [2.05, 4.69) is 5.32 Å². The van der Waals surface area contributed by atoms with Gasteiger partial charge in [0.15, 0.2) is 5.82 Å². The maximum atomic E-state index is 13.8. The van der Waals surface area contributed by atoms with Gasteiger partial charge in [0, 0.05) is 24.3 Å². The molecule has 1 fully saturated rings. The molecule has 4 nitrogen and oxygen atoms in total. The molecule has 2 atom stereocenters. The van der Waals surface area contributed by atoms with Gasteiger partial charge in [0.1, 0.15) is 10.2 Å². The molecule has 0 aromatic heterocycles. The first kappa shape index (κ1) is 26.0. The molecular formula is C24H15Cl5F2N2O2. The molecule has 1 aliphatic carbocycles.